The monoisotopic (exact) mass is 416 g/mol. The standard InChI is InChI=1S/C17H18Cl2N2O4S/c1-21(11-17(22)20-10-12-3-5-13(18)6-4-12)26(23,24)14-7-8-16(25-2)15(19)9-14/h3-9H,10-11H2,1-2H3,(H,20,22). The molecule has 1 N–H and O–H groups in total. The van der Waals surface area contributed by atoms with Gasteiger partial charge in [0.05, 0.1) is 23.6 Å². The van der Waals surface area contributed by atoms with Crippen LogP contribution in [0.15, 0.2) is 47.4 Å². The Morgan fingerprint density at radius 2 is 1.81 bits per heavy atom. The molecule has 6 nitrogen and oxygen atoms in total. The van der Waals surface area contributed by atoms with E-state index in [1.807, 2.05) is 0 Å². The molecule has 9 heteroatoms. The lowest BCUT2D eigenvalue weighted by atomic mass is 10.2. The zero-order valence-corrected chi connectivity index (χ0v) is 16.5. The Balaban J connectivity index is 2.00. The largest absolute Gasteiger partial charge is 0.495 e. The van der Waals surface area contributed by atoms with Crippen molar-refractivity contribution in [3.63, 3.8) is 0 Å². The van der Waals surface area contributed by atoms with Crippen LogP contribution >= 0.6 is 23.2 Å². The molecule has 0 radical (unpaired) electrons. The quantitative estimate of drug-likeness (QED) is 0.752. The van der Waals surface area contributed by atoms with Crippen molar-refractivity contribution in [1.29, 1.82) is 0 Å². The normalized spacial score (nSPS) is 11.4. The van der Waals surface area contributed by atoms with Crippen molar-refractivity contribution in [1.82, 2.24) is 9.62 Å². The van der Waals surface area contributed by atoms with Crippen LogP contribution < -0.4 is 10.1 Å². The molecule has 0 aliphatic rings. The van der Waals surface area contributed by atoms with Gasteiger partial charge >= 0.3 is 0 Å². The summed E-state index contributed by atoms with van der Waals surface area (Å²) < 4.78 is 31.1. The number of nitrogens with zero attached hydrogens (tertiary/aromatic N) is 1. The minimum atomic E-state index is -3.86. The van der Waals surface area contributed by atoms with E-state index in [1.54, 1.807) is 24.3 Å². The van der Waals surface area contributed by atoms with E-state index in [4.69, 9.17) is 27.9 Å². The first-order valence-corrected chi connectivity index (χ1v) is 9.74. The molecule has 0 aliphatic heterocycles. The summed E-state index contributed by atoms with van der Waals surface area (Å²) in [5.41, 5.74) is 0.857. The number of carbonyl (C=O) groups excluding carboxylic acids is 1. The minimum absolute atomic E-state index is 0.0173. The van der Waals surface area contributed by atoms with Gasteiger partial charge in [0.15, 0.2) is 0 Å². The van der Waals surface area contributed by atoms with Crippen LogP contribution in [0, 0.1) is 0 Å². The van der Waals surface area contributed by atoms with E-state index in [1.165, 1.54) is 32.4 Å². The summed E-state index contributed by atoms with van der Waals surface area (Å²) in [5.74, 6) is -0.0559. The highest BCUT2D eigenvalue weighted by molar-refractivity contribution is 7.89. The molecule has 1 amide bonds. The van der Waals surface area contributed by atoms with Crippen molar-refractivity contribution in [3.8, 4) is 5.75 Å². The number of methoxy groups -OCH3 is 1. The van der Waals surface area contributed by atoms with E-state index in [2.05, 4.69) is 5.32 Å². The lowest BCUT2D eigenvalue weighted by Crippen LogP contribution is -2.38. The molecule has 0 unspecified atom stereocenters. The highest BCUT2D eigenvalue weighted by atomic mass is 35.5. The molecule has 0 bridgehead atoms. The zero-order valence-electron chi connectivity index (χ0n) is 14.2. The first kappa shape index (κ1) is 20.5. The van der Waals surface area contributed by atoms with E-state index in [0.29, 0.717) is 10.8 Å². The number of ether oxygens (including phenoxy) is 1. The molecule has 0 heterocycles. The van der Waals surface area contributed by atoms with Crippen molar-refractivity contribution in [2.75, 3.05) is 20.7 Å². The lowest BCUT2D eigenvalue weighted by Gasteiger charge is -2.17. The van der Waals surface area contributed by atoms with Crippen LogP contribution in [0.5, 0.6) is 5.75 Å². The highest BCUT2D eigenvalue weighted by Crippen LogP contribution is 2.28. The summed E-state index contributed by atoms with van der Waals surface area (Å²) >= 11 is 11.8. The smallest absolute Gasteiger partial charge is 0.243 e. The van der Waals surface area contributed by atoms with Gasteiger partial charge in [0, 0.05) is 18.6 Å². The topological polar surface area (TPSA) is 75.7 Å². The van der Waals surface area contributed by atoms with Gasteiger partial charge in [-0.1, -0.05) is 35.3 Å². The van der Waals surface area contributed by atoms with Gasteiger partial charge in [0.2, 0.25) is 15.9 Å². The lowest BCUT2D eigenvalue weighted by molar-refractivity contribution is -0.121. The number of sulfonamides is 1. The summed E-state index contributed by atoms with van der Waals surface area (Å²) in [7, 11) is -1.09. The Kier molecular flexibility index (Phi) is 6.88. The third kappa shape index (κ3) is 5.11. The fourth-order valence-electron chi connectivity index (χ4n) is 2.13. The number of hydrogen-bond donors (Lipinski definition) is 1. The number of halogens is 2. The van der Waals surface area contributed by atoms with Crippen molar-refractivity contribution >= 4 is 39.1 Å². The van der Waals surface area contributed by atoms with Gasteiger partial charge in [-0.05, 0) is 35.9 Å². The average molecular weight is 417 g/mol. The molecular formula is C17H18Cl2N2O4S. The summed E-state index contributed by atoms with van der Waals surface area (Å²) in [6.07, 6.45) is 0. The third-order valence-corrected chi connectivity index (χ3v) is 5.95. The van der Waals surface area contributed by atoms with Crippen molar-refractivity contribution in [2.24, 2.45) is 0 Å². The van der Waals surface area contributed by atoms with Gasteiger partial charge < -0.3 is 10.1 Å². The second kappa shape index (κ2) is 8.73. The summed E-state index contributed by atoms with van der Waals surface area (Å²) in [6, 6.07) is 11.1. The molecule has 0 saturated carbocycles. The zero-order chi connectivity index (χ0) is 19.3. The Morgan fingerprint density at radius 1 is 1.15 bits per heavy atom. The fourth-order valence-corrected chi connectivity index (χ4v) is 3.74. The van der Waals surface area contributed by atoms with Crippen LogP contribution in [0.3, 0.4) is 0 Å². The number of carbonyl (C=O) groups is 1. The van der Waals surface area contributed by atoms with Crippen molar-refractivity contribution in [3.05, 3.63) is 58.1 Å². The van der Waals surface area contributed by atoms with E-state index in [0.717, 1.165) is 9.87 Å². The molecule has 0 spiro atoms. The summed E-state index contributed by atoms with van der Waals surface area (Å²) in [5, 5.41) is 3.44. The average Bonchev–Trinajstić information content (AvgIpc) is 2.61. The number of likely N-dealkylation sites (N-methyl/N-ethyl adjacent to an activating group) is 1. The number of hydrogen-bond acceptors (Lipinski definition) is 4. The first-order chi connectivity index (χ1) is 12.2. The molecule has 0 aromatic heterocycles. The van der Waals surface area contributed by atoms with Crippen LogP contribution in [0.2, 0.25) is 10.0 Å². The van der Waals surface area contributed by atoms with Crippen LogP contribution in [0.4, 0.5) is 0 Å². The van der Waals surface area contributed by atoms with Gasteiger partial charge in [0.1, 0.15) is 5.75 Å². The molecule has 2 aromatic rings. The number of rotatable bonds is 7. The fraction of sp³-hybridized carbons (Fsp3) is 0.235. The van der Waals surface area contributed by atoms with E-state index in [-0.39, 0.29) is 23.0 Å². The van der Waals surface area contributed by atoms with Crippen LogP contribution in [-0.2, 0) is 21.4 Å². The van der Waals surface area contributed by atoms with E-state index in [9.17, 15) is 13.2 Å². The Morgan fingerprint density at radius 3 is 2.38 bits per heavy atom. The number of benzene rings is 2. The third-order valence-electron chi connectivity index (χ3n) is 3.60. The predicted octanol–water partition coefficient (Wildman–Crippen LogP) is 2.94. The summed E-state index contributed by atoms with van der Waals surface area (Å²) in [6.45, 7) is -0.0438. The Bertz CT molecular complexity index is 886. The van der Waals surface area contributed by atoms with Gasteiger partial charge in [-0.2, -0.15) is 4.31 Å². The molecule has 0 saturated heterocycles. The molecule has 26 heavy (non-hydrogen) atoms. The van der Waals surface area contributed by atoms with Gasteiger partial charge in [0.25, 0.3) is 0 Å². The SMILES string of the molecule is COc1ccc(S(=O)(=O)N(C)CC(=O)NCc2ccc(Cl)cc2)cc1Cl. The van der Waals surface area contributed by atoms with E-state index < -0.39 is 15.9 Å². The Labute approximate surface area is 162 Å². The molecule has 2 rings (SSSR count). The summed E-state index contributed by atoms with van der Waals surface area (Å²) in [4.78, 5) is 12.0. The molecular weight excluding hydrogens is 399 g/mol. The van der Waals surface area contributed by atoms with Crippen LogP contribution in [0.1, 0.15) is 5.56 Å². The number of amides is 1. The Hall–Kier alpha value is -1.80. The molecule has 0 aliphatic carbocycles. The van der Waals surface area contributed by atoms with Gasteiger partial charge in [-0.15, -0.1) is 0 Å². The maximum atomic E-state index is 12.6. The van der Waals surface area contributed by atoms with Crippen LogP contribution in [-0.4, -0.2) is 39.3 Å². The molecule has 140 valence electrons. The van der Waals surface area contributed by atoms with Crippen molar-refractivity contribution in [2.45, 2.75) is 11.4 Å². The van der Waals surface area contributed by atoms with Crippen molar-refractivity contribution < 1.29 is 17.9 Å². The maximum absolute atomic E-state index is 12.6. The van der Waals surface area contributed by atoms with Gasteiger partial charge in [-0.3, -0.25) is 4.79 Å². The molecule has 0 fully saturated rings. The first-order valence-electron chi connectivity index (χ1n) is 7.55. The highest BCUT2D eigenvalue weighted by Gasteiger charge is 2.23. The van der Waals surface area contributed by atoms with E-state index >= 15 is 0 Å². The van der Waals surface area contributed by atoms with Crippen LogP contribution in [0.25, 0.3) is 0 Å². The van der Waals surface area contributed by atoms with Gasteiger partial charge in [-0.25, -0.2) is 8.42 Å². The minimum Gasteiger partial charge on any atom is -0.495 e. The molecule has 2 aromatic carbocycles. The number of nitrogens with one attached hydrogen (secondary N) is 1. The second-order valence-corrected chi connectivity index (χ2v) is 8.35. The molecule has 0 atom stereocenters. The second-order valence-electron chi connectivity index (χ2n) is 5.46. The maximum Gasteiger partial charge on any atom is 0.243 e. The predicted molar refractivity (Wildman–Crippen MR) is 101 cm³/mol.